The van der Waals surface area contributed by atoms with Crippen LogP contribution in [-0.2, 0) is 0 Å². The Morgan fingerprint density at radius 3 is 2.66 bits per heavy atom. The zero-order valence-electron chi connectivity index (χ0n) is 18.9. The van der Waals surface area contributed by atoms with E-state index in [2.05, 4.69) is 21.1 Å². The first-order chi connectivity index (χ1) is 16.9. The molecule has 35 heavy (non-hydrogen) atoms. The Labute approximate surface area is 200 Å². The second kappa shape index (κ2) is 9.29. The molecular weight excluding hydrogens is 451 g/mol. The Morgan fingerprint density at radius 2 is 1.97 bits per heavy atom. The van der Waals surface area contributed by atoms with E-state index in [9.17, 15) is 19.9 Å². The van der Waals surface area contributed by atoms with Gasteiger partial charge in [0.1, 0.15) is 40.6 Å². The zero-order chi connectivity index (χ0) is 24.5. The number of fused-ring (bicyclic) bond motifs is 1. The molecule has 1 fully saturated rings. The maximum Gasteiger partial charge on any atom is 0.148 e. The highest BCUT2D eigenvalue weighted by Gasteiger charge is 2.26. The Kier molecular flexibility index (Phi) is 6.03. The van der Waals surface area contributed by atoms with Gasteiger partial charge in [-0.1, -0.05) is 0 Å². The lowest BCUT2D eigenvalue weighted by Crippen LogP contribution is -2.46. The molecular formula is C25H23FN6O3. The van der Waals surface area contributed by atoms with Crippen LogP contribution in [0.1, 0.15) is 30.7 Å². The first-order valence-corrected chi connectivity index (χ1v) is 11.2. The van der Waals surface area contributed by atoms with Crippen molar-refractivity contribution in [3.63, 3.8) is 0 Å². The number of aliphatic hydroxyl groups excluding tert-OH is 2. The first-order valence-electron chi connectivity index (χ1n) is 11.2. The molecule has 1 aliphatic rings. The van der Waals surface area contributed by atoms with Crippen molar-refractivity contribution in [2.75, 3.05) is 18.0 Å². The number of piperidine rings is 1. The molecule has 4 aromatic heterocycles. The molecule has 10 heteroatoms. The number of nitriles is 1. The molecule has 1 saturated heterocycles. The number of aliphatic hydroxyl groups is 2. The number of rotatable bonds is 5. The van der Waals surface area contributed by atoms with Crippen LogP contribution < -0.4 is 9.64 Å². The molecule has 0 unspecified atom stereocenters. The van der Waals surface area contributed by atoms with E-state index < -0.39 is 24.1 Å². The molecule has 2 N–H and O–H groups in total. The average molecular weight is 474 g/mol. The van der Waals surface area contributed by atoms with Gasteiger partial charge in [0.25, 0.3) is 0 Å². The number of ether oxygens (including phenoxy) is 1. The summed E-state index contributed by atoms with van der Waals surface area (Å²) >= 11 is 0. The number of nitrogens with zero attached hydrogens (tertiary/aromatic N) is 6. The molecule has 0 aliphatic carbocycles. The Bertz CT molecular complexity index is 1380. The maximum absolute atomic E-state index is 13.3. The van der Waals surface area contributed by atoms with Gasteiger partial charge in [-0.2, -0.15) is 10.4 Å². The van der Waals surface area contributed by atoms with Gasteiger partial charge in [0.2, 0.25) is 0 Å². The smallest absolute Gasteiger partial charge is 0.148 e. The fourth-order valence-electron chi connectivity index (χ4n) is 4.16. The number of halogens is 1. The maximum atomic E-state index is 13.3. The number of hydrogen-bond acceptors (Lipinski definition) is 8. The van der Waals surface area contributed by atoms with E-state index in [1.54, 1.807) is 29.9 Å². The number of aromatic nitrogens is 4. The van der Waals surface area contributed by atoms with Gasteiger partial charge in [-0.15, -0.1) is 0 Å². The van der Waals surface area contributed by atoms with E-state index in [1.807, 2.05) is 23.1 Å². The van der Waals surface area contributed by atoms with Gasteiger partial charge in [0.05, 0.1) is 30.3 Å². The summed E-state index contributed by atoms with van der Waals surface area (Å²) in [5.41, 5.74) is 3.01. The first kappa shape index (κ1) is 22.7. The molecule has 1 aliphatic heterocycles. The van der Waals surface area contributed by atoms with Crippen LogP contribution in [0.5, 0.6) is 5.75 Å². The quantitative estimate of drug-likeness (QED) is 0.453. The van der Waals surface area contributed by atoms with Crippen molar-refractivity contribution in [3.05, 3.63) is 72.2 Å². The van der Waals surface area contributed by atoms with E-state index in [-0.39, 0.29) is 0 Å². The molecule has 0 radical (unpaired) electrons. The van der Waals surface area contributed by atoms with Crippen molar-refractivity contribution in [1.82, 2.24) is 19.6 Å². The van der Waals surface area contributed by atoms with E-state index in [4.69, 9.17) is 4.74 Å². The summed E-state index contributed by atoms with van der Waals surface area (Å²) in [5.74, 6) is 0.714. The fraction of sp³-hybridized carbons (Fsp3) is 0.280. The predicted octanol–water partition coefficient (Wildman–Crippen LogP) is 2.87. The Morgan fingerprint density at radius 1 is 1.11 bits per heavy atom. The van der Waals surface area contributed by atoms with E-state index >= 15 is 0 Å². The molecule has 5 heterocycles. The largest absolute Gasteiger partial charge is 0.482 e. The van der Waals surface area contributed by atoms with Gasteiger partial charge < -0.3 is 19.8 Å². The van der Waals surface area contributed by atoms with E-state index in [1.165, 1.54) is 12.3 Å². The molecule has 3 atom stereocenters. The number of pyridine rings is 3. The molecule has 9 nitrogen and oxygen atoms in total. The molecule has 178 valence electrons. The molecule has 0 spiro atoms. The number of hydrogen-bond donors (Lipinski definition) is 2. The lowest BCUT2D eigenvalue weighted by molar-refractivity contribution is 0.00786. The zero-order valence-corrected chi connectivity index (χ0v) is 18.9. The van der Waals surface area contributed by atoms with Crippen molar-refractivity contribution in [2.45, 2.75) is 31.7 Å². The van der Waals surface area contributed by atoms with Gasteiger partial charge in [0.15, 0.2) is 0 Å². The summed E-state index contributed by atoms with van der Waals surface area (Å²) in [6.07, 6.45) is 4.58. The van der Waals surface area contributed by atoms with E-state index in [0.29, 0.717) is 47.9 Å². The van der Waals surface area contributed by atoms with Gasteiger partial charge in [-0.25, -0.2) is 13.9 Å². The lowest BCUT2D eigenvalue weighted by atomic mass is 10.0. The molecule has 0 bridgehead atoms. The van der Waals surface area contributed by atoms with Crippen LogP contribution in [0.15, 0.2) is 55.1 Å². The third-order valence-corrected chi connectivity index (χ3v) is 6.12. The summed E-state index contributed by atoms with van der Waals surface area (Å²) in [6, 6.07) is 10.6. The SMILES string of the molecule is C[C@@H](Oc1cc(-c2ccc(N3CC[C@H](O)[C@@H](O)C3)nc2)cn2ncc(C#N)c12)c1ccc(F)cn1. The second-order valence-electron chi connectivity index (χ2n) is 8.49. The van der Waals surface area contributed by atoms with Crippen molar-refractivity contribution in [2.24, 2.45) is 0 Å². The van der Waals surface area contributed by atoms with Crippen LogP contribution in [0.2, 0.25) is 0 Å². The van der Waals surface area contributed by atoms with Crippen LogP contribution in [-0.4, -0.2) is 55.1 Å². The third-order valence-electron chi connectivity index (χ3n) is 6.12. The molecule has 5 rings (SSSR count). The molecule has 0 amide bonds. The standard InChI is InChI=1S/C25H23FN6O3/c1-15(20-4-3-19(26)12-28-20)35-23-8-17(13-32-25(23)18(9-27)11-30-32)16-2-5-24(29-10-16)31-7-6-21(33)22(34)14-31/h2-5,8,10-13,15,21-22,33-34H,6-7,14H2,1H3/t15-,21+,22+/m1/s1. The monoisotopic (exact) mass is 474 g/mol. The van der Waals surface area contributed by atoms with Crippen molar-refractivity contribution < 1.29 is 19.3 Å². The molecule has 0 aromatic carbocycles. The normalized spacial score (nSPS) is 18.9. The predicted molar refractivity (Wildman–Crippen MR) is 125 cm³/mol. The minimum absolute atomic E-state index is 0.316. The molecule has 0 saturated carbocycles. The second-order valence-corrected chi connectivity index (χ2v) is 8.49. The summed E-state index contributed by atoms with van der Waals surface area (Å²) in [4.78, 5) is 10.6. The summed E-state index contributed by atoms with van der Waals surface area (Å²) < 4.78 is 21.1. The highest BCUT2D eigenvalue weighted by atomic mass is 19.1. The summed E-state index contributed by atoms with van der Waals surface area (Å²) in [5, 5.41) is 33.6. The third kappa shape index (κ3) is 4.51. The fourth-order valence-corrected chi connectivity index (χ4v) is 4.16. The van der Waals surface area contributed by atoms with Gasteiger partial charge in [-0.3, -0.25) is 4.98 Å². The topological polar surface area (TPSA) is 120 Å². The van der Waals surface area contributed by atoms with Crippen molar-refractivity contribution in [1.29, 1.82) is 5.26 Å². The average Bonchev–Trinajstić information content (AvgIpc) is 3.30. The van der Waals surface area contributed by atoms with Crippen molar-refractivity contribution in [3.8, 4) is 22.9 Å². The van der Waals surface area contributed by atoms with Crippen LogP contribution in [0.3, 0.4) is 0 Å². The van der Waals surface area contributed by atoms with Gasteiger partial charge in [-0.05, 0) is 43.7 Å². The highest BCUT2D eigenvalue weighted by Crippen LogP contribution is 2.33. The number of anilines is 1. The van der Waals surface area contributed by atoms with Crippen LogP contribution in [0.4, 0.5) is 10.2 Å². The Hall–Kier alpha value is -4.07. The number of β-amino-alcohol motifs (C(OH)–C–C–N with tert-alkyl or cyclic N) is 1. The van der Waals surface area contributed by atoms with Crippen LogP contribution in [0, 0.1) is 17.1 Å². The summed E-state index contributed by atoms with van der Waals surface area (Å²) in [7, 11) is 0. The molecule has 4 aromatic rings. The van der Waals surface area contributed by atoms with E-state index in [0.717, 1.165) is 17.3 Å². The minimum atomic E-state index is -0.806. The van der Waals surface area contributed by atoms with Gasteiger partial charge in [0, 0.05) is 36.6 Å². The van der Waals surface area contributed by atoms with Crippen LogP contribution in [0.25, 0.3) is 16.6 Å². The van der Waals surface area contributed by atoms with Crippen molar-refractivity contribution >= 4 is 11.3 Å². The minimum Gasteiger partial charge on any atom is -0.482 e. The lowest BCUT2D eigenvalue weighted by Gasteiger charge is -2.34. The highest BCUT2D eigenvalue weighted by molar-refractivity contribution is 5.75. The Balaban J connectivity index is 1.47. The van der Waals surface area contributed by atoms with Gasteiger partial charge >= 0.3 is 0 Å². The summed E-state index contributed by atoms with van der Waals surface area (Å²) in [6.45, 7) is 2.72. The van der Waals surface area contributed by atoms with Crippen LogP contribution >= 0.6 is 0 Å².